The minimum absolute atomic E-state index is 0.00708. The number of carbonyl (C=O) groups is 2. The smallest absolute Gasteiger partial charge is 0.376 e. The molecular weight excluding hydrogens is 395 g/mol. The van der Waals surface area contributed by atoms with Crippen molar-refractivity contribution < 1.29 is 22.8 Å². The Morgan fingerprint density at radius 1 is 1.17 bits per heavy atom. The third-order valence-corrected chi connectivity index (χ3v) is 5.17. The van der Waals surface area contributed by atoms with Crippen molar-refractivity contribution >= 4 is 23.2 Å². The predicted molar refractivity (Wildman–Crippen MR) is 110 cm³/mol. The van der Waals surface area contributed by atoms with Gasteiger partial charge < -0.3 is 15.5 Å². The highest BCUT2D eigenvalue weighted by Crippen LogP contribution is 2.30. The summed E-state index contributed by atoms with van der Waals surface area (Å²) in [5.74, 6) is -0.929. The molecule has 1 heterocycles. The summed E-state index contributed by atoms with van der Waals surface area (Å²) >= 11 is 0. The van der Waals surface area contributed by atoms with E-state index >= 15 is 0 Å². The van der Waals surface area contributed by atoms with Gasteiger partial charge in [0.2, 0.25) is 5.91 Å². The SMILES string of the molecule is Cc1ccc(C(=O)NCC(F)(F)F)cc1NCC(=O)N1c2ccccc2CCC1C. The number of halogens is 3. The fraction of sp³-hybridized carbons (Fsp3) is 0.364. The predicted octanol–water partition coefficient (Wildman–Crippen LogP) is 4.07. The first kappa shape index (κ1) is 21.7. The van der Waals surface area contributed by atoms with E-state index in [9.17, 15) is 22.8 Å². The van der Waals surface area contributed by atoms with Crippen molar-refractivity contribution in [1.29, 1.82) is 0 Å². The van der Waals surface area contributed by atoms with E-state index in [4.69, 9.17) is 0 Å². The number of anilines is 2. The van der Waals surface area contributed by atoms with Crippen LogP contribution in [0.1, 0.15) is 34.8 Å². The highest BCUT2D eigenvalue weighted by Gasteiger charge is 2.29. The van der Waals surface area contributed by atoms with Crippen LogP contribution in [0.25, 0.3) is 0 Å². The molecule has 0 aliphatic carbocycles. The summed E-state index contributed by atoms with van der Waals surface area (Å²) in [7, 11) is 0. The van der Waals surface area contributed by atoms with Gasteiger partial charge in [-0.2, -0.15) is 13.2 Å². The van der Waals surface area contributed by atoms with Gasteiger partial charge in [0.15, 0.2) is 0 Å². The van der Waals surface area contributed by atoms with Crippen LogP contribution in [-0.2, 0) is 11.2 Å². The zero-order valence-corrected chi connectivity index (χ0v) is 16.8. The third-order valence-electron chi connectivity index (χ3n) is 5.17. The molecule has 0 fully saturated rings. The van der Waals surface area contributed by atoms with Crippen molar-refractivity contribution in [1.82, 2.24) is 5.32 Å². The maximum atomic E-state index is 12.9. The molecule has 1 aliphatic rings. The van der Waals surface area contributed by atoms with Crippen molar-refractivity contribution in [2.45, 2.75) is 38.9 Å². The fourth-order valence-corrected chi connectivity index (χ4v) is 3.56. The average Bonchev–Trinajstić information content (AvgIpc) is 2.70. The van der Waals surface area contributed by atoms with Gasteiger partial charge in [-0.25, -0.2) is 0 Å². The zero-order chi connectivity index (χ0) is 21.9. The summed E-state index contributed by atoms with van der Waals surface area (Å²) in [5, 5.41) is 4.89. The summed E-state index contributed by atoms with van der Waals surface area (Å²) in [6.07, 6.45) is -2.69. The van der Waals surface area contributed by atoms with Crippen LogP contribution < -0.4 is 15.5 Å². The number of rotatable bonds is 5. The van der Waals surface area contributed by atoms with Crippen LogP contribution in [0.2, 0.25) is 0 Å². The molecule has 3 rings (SSSR count). The van der Waals surface area contributed by atoms with Crippen LogP contribution in [0.15, 0.2) is 42.5 Å². The van der Waals surface area contributed by atoms with Crippen LogP contribution in [-0.4, -0.2) is 37.1 Å². The maximum Gasteiger partial charge on any atom is 0.405 e. The number of carbonyl (C=O) groups excluding carboxylic acids is 2. The molecule has 2 amide bonds. The monoisotopic (exact) mass is 419 g/mol. The molecule has 0 saturated heterocycles. The lowest BCUT2D eigenvalue weighted by atomic mass is 9.96. The second-order valence-corrected chi connectivity index (χ2v) is 7.46. The van der Waals surface area contributed by atoms with Gasteiger partial charge in [0.25, 0.3) is 5.91 Å². The molecule has 1 unspecified atom stereocenters. The van der Waals surface area contributed by atoms with Gasteiger partial charge in [0, 0.05) is 23.0 Å². The lowest BCUT2D eigenvalue weighted by Gasteiger charge is -2.35. The maximum absolute atomic E-state index is 12.9. The van der Waals surface area contributed by atoms with Gasteiger partial charge in [-0.15, -0.1) is 0 Å². The highest BCUT2D eigenvalue weighted by atomic mass is 19.4. The van der Waals surface area contributed by atoms with Crippen LogP contribution in [0.3, 0.4) is 0 Å². The molecular formula is C22H24F3N3O2. The van der Waals surface area contributed by atoms with E-state index in [-0.39, 0.29) is 24.1 Å². The summed E-state index contributed by atoms with van der Waals surface area (Å²) in [6, 6.07) is 12.4. The number of aryl methyl sites for hydroxylation is 2. The molecule has 1 aliphatic heterocycles. The van der Waals surface area contributed by atoms with E-state index in [1.54, 1.807) is 17.9 Å². The number of hydrogen-bond donors (Lipinski definition) is 2. The Morgan fingerprint density at radius 2 is 1.90 bits per heavy atom. The topological polar surface area (TPSA) is 61.4 Å². The second-order valence-electron chi connectivity index (χ2n) is 7.46. The van der Waals surface area contributed by atoms with Crippen molar-refractivity contribution in [3.8, 4) is 0 Å². The number of para-hydroxylation sites is 1. The molecule has 5 nitrogen and oxygen atoms in total. The van der Waals surface area contributed by atoms with E-state index in [0.717, 1.165) is 29.7 Å². The first-order valence-electron chi connectivity index (χ1n) is 9.75. The van der Waals surface area contributed by atoms with Crippen molar-refractivity contribution in [3.63, 3.8) is 0 Å². The Bertz CT molecular complexity index is 943. The molecule has 30 heavy (non-hydrogen) atoms. The molecule has 2 aromatic carbocycles. The second kappa shape index (κ2) is 8.77. The van der Waals surface area contributed by atoms with Crippen LogP contribution in [0.4, 0.5) is 24.5 Å². The van der Waals surface area contributed by atoms with Crippen LogP contribution in [0.5, 0.6) is 0 Å². The number of nitrogens with one attached hydrogen (secondary N) is 2. The molecule has 1 atom stereocenters. The summed E-state index contributed by atoms with van der Waals surface area (Å²) in [4.78, 5) is 26.7. The molecule has 0 spiro atoms. The molecule has 8 heteroatoms. The third kappa shape index (κ3) is 5.11. The van der Waals surface area contributed by atoms with Crippen LogP contribution >= 0.6 is 0 Å². The standard InChI is InChI=1S/C22H24F3N3O2/c1-14-7-9-17(21(30)27-13-22(23,24)25)11-18(14)26-12-20(29)28-15(2)8-10-16-5-3-4-6-19(16)28/h3-7,9,11,15,26H,8,10,12-13H2,1-2H3,(H,27,30). The van der Waals surface area contributed by atoms with Gasteiger partial charge in [0.1, 0.15) is 6.54 Å². The number of benzene rings is 2. The first-order valence-corrected chi connectivity index (χ1v) is 9.75. The molecule has 0 radical (unpaired) electrons. The lowest BCUT2D eigenvalue weighted by molar-refractivity contribution is -0.123. The van der Waals surface area contributed by atoms with Gasteiger partial charge in [-0.05, 0) is 56.0 Å². The number of nitrogens with zero attached hydrogens (tertiary/aromatic N) is 1. The number of fused-ring (bicyclic) bond motifs is 1. The van der Waals surface area contributed by atoms with E-state index in [0.29, 0.717) is 5.69 Å². The Balaban J connectivity index is 1.70. The minimum atomic E-state index is -4.48. The zero-order valence-electron chi connectivity index (χ0n) is 16.8. The Kier molecular flexibility index (Phi) is 6.34. The molecule has 160 valence electrons. The van der Waals surface area contributed by atoms with E-state index in [1.807, 2.05) is 36.5 Å². The van der Waals surface area contributed by atoms with Gasteiger partial charge in [-0.1, -0.05) is 24.3 Å². The molecule has 0 bridgehead atoms. The molecule has 2 aromatic rings. The largest absolute Gasteiger partial charge is 0.405 e. The van der Waals surface area contributed by atoms with Gasteiger partial charge in [0.05, 0.1) is 6.54 Å². The summed E-state index contributed by atoms with van der Waals surface area (Å²) in [5.41, 5.74) is 3.43. The van der Waals surface area contributed by atoms with Gasteiger partial charge in [-0.3, -0.25) is 9.59 Å². The summed E-state index contributed by atoms with van der Waals surface area (Å²) < 4.78 is 37.0. The number of alkyl halides is 3. The van der Waals surface area contributed by atoms with Crippen molar-refractivity contribution in [2.75, 3.05) is 23.3 Å². The Labute approximate surface area is 173 Å². The Morgan fingerprint density at radius 3 is 2.63 bits per heavy atom. The minimum Gasteiger partial charge on any atom is -0.376 e. The normalized spacial score (nSPS) is 16.0. The van der Waals surface area contributed by atoms with Crippen molar-refractivity contribution in [2.24, 2.45) is 0 Å². The lowest BCUT2D eigenvalue weighted by Crippen LogP contribution is -2.44. The quantitative estimate of drug-likeness (QED) is 0.768. The van der Waals surface area contributed by atoms with E-state index in [1.165, 1.54) is 12.1 Å². The highest BCUT2D eigenvalue weighted by molar-refractivity contribution is 5.98. The molecule has 0 saturated carbocycles. The van der Waals surface area contributed by atoms with Gasteiger partial charge >= 0.3 is 6.18 Å². The molecule has 0 aromatic heterocycles. The summed E-state index contributed by atoms with van der Waals surface area (Å²) in [6.45, 7) is 2.41. The Hall–Kier alpha value is -3.03. The first-order chi connectivity index (χ1) is 14.2. The fourth-order valence-electron chi connectivity index (χ4n) is 3.56. The van der Waals surface area contributed by atoms with Crippen molar-refractivity contribution in [3.05, 3.63) is 59.2 Å². The number of hydrogen-bond acceptors (Lipinski definition) is 3. The molecule has 2 N–H and O–H groups in total. The average molecular weight is 419 g/mol. The van der Waals surface area contributed by atoms with E-state index < -0.39 is 18.6 Å². The number of amides is 2. The van der Waals surface area contributed by atoms with E-state index in [2.05, 4.69) is 5.32 Å². The van der Waals surface area contributed by atoms with Crippen LogP contribution in [0, 0.1) is 6.92 Å².